The summed E-state index contributed by atoms with van der Waals surface area (Å²) in [6.07, 6.45) is 5.12. The highest BCUT2D eigenvalue weighted by molar-refractivity contribution is 7.09. The van der Waals surface area contributed by atoms with E-state index in [0.717, 1.165) is 16.9 Å². The summed E-state index contributed by atoms with van der Waals surface area (Å²) in [5, 5.41) is 4.38. The Labute approximate surface area is 127 Å². The van der Waals surface area contributed by atoms with Gasteiger partial charge in [-0.25, -0.2) is 4.98 Å². The van der Waals surface area contributed by atoms with Crippen molar-refractivity contribution in [1.29, 1.82) is 0 Å². The van der Waals surface area contributed by atoms with E-state index in [1.165, 1.54) is 37.2 Å². The van der Waals surface area contributed by atoms with E-state index in [0.29, 0.717) is 11.3 Å². The van der Waals surface area contributed by atoms with Gasteiger partial charge in [0.05, 0.1) is 0 Å². The van der Waals surface area contributed by atoms with Crippen molar-refractivity contribution in [2.24, 2.45) is 11.3 Å². The summed E-state index contributed by atoms with van der Waals surface area (Å²) >= 11 is 1.50. The van der Waals surface area contributed by atoms with Crippen LogP contribution < -0.4 is 5.32 Å². The van der Waals surface area contributed by atoms with Crippen LogP contribution in [0.4, 0.5) is 5.13 Å². The summed E-state index contributed by atoms with van der Waals surface area (Å²) in [5.74, 6) is 2.49. The summed E-state index contributed by atoms with van der Waals surface area (Å²) in [6, 6.07) is 0. The zero-order valence-corrected chi connectivity index (χ0v) is 14.6. The van der Waals surface area contributed by atoms with Crippen LogP contribution in [-0.2, 0) is 0 Å². The molecule has 0 aliphatic heterocycles. The van der Waals surface area contributed by atoms with Gasteiger partial charge in [-0.2, -0.15) is 4.37 Å². The number of rotatable bonds is 2. The maximum absolute atomic E-state index is 4.70. The van der Waals surface area contributed by atoms with E-state index >= 15 is 0 Å². The molecule has 0 spiro atoms. The molecule has 1 aliphatic carbocycles. The molecule has 1 aliphatic rings. The lowest BCUT2D eigenvalue weighted by Crippen LogP contribution is -2.26. The molecule has 1 aromatic heterocycles. The van der Waals surface area contributed by atoms with E-state index in [2.05, 4.69) is 51.2 Å². The first-order valence-corrected chi connectivity index (χ1v) is 8.54. The van der Waals surface area contributed by atoms with Crippen molar-refractivity contribution in [2.75, 3.05) is 5.32 Å². The van der Waals surface area contributed by atoms with Crippen LogP contribution in [0, 0.1) is 11.3 Å². The third-order valence-electron chi connectivity index (χ3n) is 4.24. The first kappa shape index (κ1) is 15.7. The van der Waals surface area contributed by atoms with Gasteiger partial charge in [0.25, 0.3) is 0 Å². The molecular weight excluding hydrogens is 266 g/mol. The Hall–Kier alpha value is -0.640. The van der Waals surface area contributed by atoms with Gasteiger partial charge in [-0.1, -0.05) is 20.8 Å². The Morgan fingerprint density at radius 1 is 1.00 bits per heavy atom. The fourth-order valence-electron chi connectivity index (χ4n) is 2.99. The Kier molecular flexibility index (Phi) is 4.43. The lowest BCUT2D eigenvalue weighted by Gasteiger charge is -2.36. The molecule has 0 aromatic carbocycles. The third kappa shape index (κ3) is 4.18. The minimum absolute atomic E-state index is 0.0562. The topological polar surface area (TPSA) is 37.8 Å². The molecule has 1 saturated carbocycles. The van der Waals surface area contributed by atoms with E-state index in [-0.39, 0.29) is 5.54 Å². The minimum Gasteiger partial charge on any atom is -0.356 e. The van der Waals surface area contributed by atoms with Gasteiger partial charge >= 0.3 is 0 Å². The predicted octanol–water partition coefficient (Wildman–Crippen LogP) is 5.07. The normalized spacial score (nSPS) is 24.7. The van der Waals surface area contributed by atoms with Crippen LogP contribution in [0.25, 0.3) is 0 Å². The van der Waals surface area contributed by atoms with Crippen molar-refractivity contribution in [3.63, 3.8) is 0 Å². The van der Waals surface area contributed by atoms with Crippen LogP contribution in [0.5, 0.6) is 0 Å². The summed E-state index contributed by atoms with van der Waals surface area (Å²) in [4.78, 5) is 4.70. The number of nitrogens with one attached hydrogen (secondary N) is 1. The Bertz CT molecular complexity index is 431. The van der Waals surface area contributed by atoms with Gasteiger partial charge in [-0.15, -0.1) is 0 Å². The lowest BCUT2D eigenvalue weighted by atomic mass is 9.70. The molecule has 1 fully saturated rings. The second-order valence-corrected chi connectivity index (χ2v) is 9.00. The average Bonchev–Trinajstić information content (AvgIpc) is 2.74. The van der Waals surface area contributed by atoms with E-state index in [1.807, 2.05) is 0 Å². The second kappa shape index (κ2) is 5.63. The fraction of sp³-hybridized carbons (Fsp3) is 0.875. The summed E-state index contributed by atoms with van der Waals surface area (Å²) in [7, 11) is 0. The molecule has 0 atom stereocenters. The Morgan fingerprint density at radius 3 is 2.10 bits per heavy atom. The van der Waals surface area contributed by atoms with Gasteiger partial charge in [0.1, 0.15) is 5.82 Å². The van der Waals surface area contributed by atoms with Crippen molar-refractivity contribution >= 4 is 16.7 Å². The summed E-state index contributed by atoms with van der Waals surface area (Å²) in [5.41, 5.74) is 0.500. The van der Waals surface area contributed by atoms with Gasteiger partial charge in [0.15, 0.2) is 0 Å². The van der Waals surface area contributed by atoms with Gasteiger partial charge in [-0.3, -0.25) is 0 Å². The monoisotopic (exact) mass is 295 g/mol. The maximum Gasteiger partial charge on any atom is 0.202 e. The number of hydrogen-bond acceptors (Lipinski definition) is 4. The highest BCUT2D eigenvalue weighted by Gasteiger charge is 2.31. The molecule has 0 amide bonds. The molecule has 0 bridgehead atoms. The molecule has 4 heteroatoms. The standard InChI is InChI=1S/C16H29N3S/c1-15(2,3)12-9-7-11(8-10-12)13-17-14(20-19-13)18-16(4,5)6/h11-12H,7-10H2,1-6H3,(H,17,18,19). The fourth-order valence-corrected chi connectivity index (χ4v) is 3.85. The third-order valence-corrected chi connectivity index (χ3v) is 4.89. The second-order valence-electron chi connectivity index (χ2n) is 8.25. The van der Waals surface area contributed by atoms with Crippen molar-refractivity contribution < 1.29 is 0 Å². The van der Waals surface area contributed by atoms with Gasteiger partial charge in [0, 0.05) is 23.0 Å². The quantitative estimate of drug-likeness (QED) is 0.828. The van der Waals surface area contributed by atoms with E-state index < -0.39 is 0 Å². The molecule has 20 heavy (non-hydrogen) atoms. The molecule has 1 heterocycles. The van der Waals surface area contributed by atoms with Crippen LogP contribution in [0.15, 0.2) is 0 Å². The average molecular weight is 295 g/mol. The van der Waals surface area contributed by atoms with Crippen molar-refractivity contribution in [3.8, 4) is 0 Å². The SMILES string of the molecule is CC(C)(C)Nc1nc(C2CCC(C(C)(C)C)CC2)ns1. The summed E-state index contributed by atoms with van der Waals surface area (Å²) < 4.78 is 4.58. The van der Waals surface area contributed by atoms with Crippen LogP contribution in [0.2, 0.25) is 0 Å². The van der Waals surface area contributed by atoms with Crippen LogP contribution in [0.1, 0.15) is 79.0 Å². The Morgan fingerprint density at radius 2 is 1.60 bits per heavy atom. The van der Waals surface area contributed by atoms with Crippen LogP contribution in [0.3, 0.4) is 0 Å². The van der Waals surface area contributed by atoms with Gasteiger partial charge in [0.2, 0.25) is 5.13 Å². The number of nitrogens with zero attached hydrogens (tertiary/aromatic N) is 2. The largest absolute Gasteiger partial charge is 0.356 e. The minimum atomic E-state index is 0.0562. The first-order chi connectivity index (χ1) is 9.15. The van der Waals surface area contributed by atoms with Gasteiger partial charge in [-0.05, 0) is 57.8 Å². The van der Waals surface area contributed by atoms with Crippen molar-refractivity contribution in [2.45, 2.75) is 78.7 Å². The molecule has 1 N–H and O–H groups in total. The lowest BCUT2D eigenvalue weighted by molar-refractivity contribution is 0.167. The number of anilines is 1. The molecule has 1 aromatic rings. The molecule has 0 radical (unpaired) electrons. The van der Waals surface area contributed by atoms with Crippen LogP contribution >= 0.6 is 11.5 Å². The van der Waals surface area contributed by atoms with E-state index in [4.69, 9.17) is 4.98 Å². The maximum atomic E-state index is 4.70. The Balaban J connectivity index is 1.94. The zero-order valence-electron chi connectivity index (χ0n) is 13.8. The van der Waals surface area contributed by atoms with Crippen molar-refractivity contribution in [3.05, 3.63) is 5.82 Å². The van der Waals surface area contributed by atoms with Crippen molar-refractivity contribution in [1.82, 2.24) is 9.36 Å². The molecule has 3 nitrogen and oxygen atoms in total. The number of aromatic nitrogens is 2. The molecule has 0 unspecified atom stereocenters. The molecule has 114 valence electrons. The number of hydrogen-bond donors (Lipinski definition) is 1. The predicted molar refractivity (Wildman–Crippen MR) is 87.4 cm³/mol. The molecular formula is C16H29N3S. The highest BCUT2D eigenvalue weighted by atomic mass is 32.1. The molecule has 2 rings (SSSR count). The zero-order chi connectivity index (χ0) is 15.0. The highest BCUT2D eigenvalue weighted by Crippen LogP contribution is 2.42. The van der Waals surface area contributed by atoms with E-state index in [9.17, 15) is 0 Å². The first-order valence-electron chi connectivity index (χ1n) is 7.77. The summed E-state index contributed by atoms with van der Waals surface area (Å²) in [6.45, 7) is 13.6. The molecule has 0 saturated heterocycles. The van der Waals surface area contributed by atoms with E-state index in [1.54, 1.807) is 0 Å². The van der Waals surface area contributed by atoms with Gasteiger partial charge < -0.3 is 5.32 Å². The smallest absolute Gasteiger partial charge is 0.202 e. The van der Waals surface area contributed by atoms with Crippen LogP contribution in [-0.4, -0.2) is 14.9 Å².